The third kappa shape index (κ3) is 4.16. The van der Waals surface area contributed by atoms with Gasteiger partial charge in [0.25, 0.3) is 0 Å². The van der Waals surface area contributed by atoms with Gasteiger partial charge in [0, 0.05) is 12.3 Å². The van der Waals surface area contributed by atoms with E-state index in [1.807, 2.05) is 0 Å². The average Bonchev–Trinajstić information content (AvgIpc) is 2.27. The zero-order valence-electron chi connectivity index (χ0n) is 10.4. The minimum absolute atomic E-state index is 0.186. The maximum absolute atomic E-state index is 13.0. The zero-order valence-corrected chi connectivity index (χ0v) is 10.4. The van der Waals surface area contributed by atoms with E-state index in [2.05, 4.69) is 5.32 Å². The Hall–Kier alpha value is -1.91. The molecule has 1 aromatic carbocycles. The van der Waals surface area contributed by atoms with E-state index >= 15 is 0 Å². The van der Waals surface area contributed by atoms with Crippen molar-refractivity contribution in [2.45, 2.75) is 26.3 Å². The van der Waals surface area contributed by atoms with E-state index in [-0.39, 0.29) is 24.1 Å². The van der Waals surface area contributed by atoms with Crippen LogP contribution >= 0.6 is 0 Å². The van der Waals surface area contributed by atoms with Crippen LogP contribution in [0.3, 0.4) is 0 Å². The van der Waals surface area contributed by atoms with Crippen molar-refractivity contribution in [3.05, 3.63) is 35.6 Å². The lowest BCUT2D eigenvalue weighted by atomic mass is 10.0. The van der Waals surface area contributed by atoms with Crippen LogP contribution in [0.2, 0.25) is 0 Å². The SMILES string of the molecule is CC(C)C(=O)N[C@H](Cc1cccc(F)c1)C(N)=O. The smallest absolute Gasteiger partial charge is 0.240 e. The van der Waals surface area contributed by atoms with Gasteiger partial charge in [-0.3, -0.25) is 9.59 Å². The summed E-state index contributed by atoms with van der Waals surface area (Å²) in [6, 6.07) is 5.04. The van der Waals surface area contributed by atoms with Crippen molar-refractivity contribution in [3.8, 4) is 0 Å². The first-order valence-corrected chi connectivity index (χ1v) is 5.74. The summed E-state index contributed by atoms with van der Waals surface area (Å²) in [5.74, 6) is -1.51. The molecule has 1 rings (SSSR count). The van der Waals surface area contributed by atoms with Crippen LogP contribution in [0.25, 0.3) is 0 Å². The summed E-state index contributed by atoms with van der Waals surface area (Å²) in [6.07, 6.45) is 0.186. The molecule has 4 nitrogen and oxygen atoms in total. The first-order chi connectivity index (χ1) is 8.40. The number of carbonyl (C=O) groups is 2. The van der Waals surface area contributed by atoms with Gasteiger partial charge < -0.3 is 11.1 Å². The number of hydrogen-bond donors (Lipinski definition) is 2. The van der Waals surface area contributed by atoms with Gasteiger partial charge in [0.15, 0.2) is 0 Å². The molecule has 0 fully saturated rings. The molecular formula is C13H17FN2O2. The molecular weight excluding hydrogens is 235 g/mol. The average molecular weight is 252 g/mol. The molecule has 0 aliphatic carbocycles. The Balaban J connectivity index is 2.75. The number of halogens is 1. The van der Waals surface area contributed by atoms with Crippen LogP contribution in [-0.4, -0.2) is 17.9 Å². The number of nitrogens with one attached hydrogen (secondary N) is 1. The Kier molecular flexibility index (Phi) is 4.83. The first kappa shape index (κ1) is 14.2. The minimum atomic E-state index is -0.818. The second-order valence-electron chi connectivity index (χ2n) is 4.45. The summed E-state index contributed by atoms with van der Waals surface area (Å²) in [6.45, 7) is 3.44. The fraction of sp³-hybridized carbons (Fsp3) is 0.385. The topological polar surface area (TPSA) is 72.2 Å². The van der Waals surface area contributed by atoms with E-state index in [1.54, 1.807) is 26.0 Å². The predicted octanol–water partition coefficient (Wildman–Crippen LogP) is 0.994. The van der Waals surface area contributed by atoms with Gasteiger partial charge in [-0.25, -0.2) is 4.39 Å². The Morgan fingerprint density at radius 2 is 2.06 bits per heavy atom. The highest BCUT2D eigenvalue weighted by Gasteiger charge is 2.20. The highest BCUT2D eigenvalue weighted by atomic mass is 19.1. The minimum Gasteiger partial charge on any atom is -0.368 e. The third-order valence-electron chi connectivity index (χ3n) is 2.51. The second kappa shape index (κ2) is 6.14. The van der Waals surface area contributed by atoms with Gasteiger partial charge in [-0.15, -0.1) is 0 Å². The van der Waals surface area contributed by atoms with Crippen LogP contribution in [0.4, 0.5) is 4.39 Å². The number of hydrogen-bond acceptors (Lipinski definition) is 2. The van der Waals surface area contributed by atoms with E-state index < -0.39 is 11.9 Å². The molecule has 0 heterocycles. The fourth-order valence-corrected chi connectivity index (χ4v) is 1.46. The lowest BCUT2D eigenvalue weighted by molar-refractivity contribution is -0.129. The Morgan fingerprint density at radius 3 is 2.56 bits per heavy atom. The molecule has 0 spiro atoms. The Bertz CT molecular complexity index is 446. The second-order valence-corrected chi connectivity index (χ2v) is 4.45. The lowest BCUT2D eigenvalue weighted by Gasteiger charge is -2.17. The highest BCUT2D eigenvalue weighted by Crippen LogP contribution is 2.07. The van der Waals surface area contributed by atoms with E-state index in [9.17, 15) is 14.0 Å². The van der Waals surface area contributed by atoms with E-state index in [0.717, 1.165) is 0 Å². The molecule has 0 aliphatic heterocycles. The molecule has 5 heteroatoms. The molecule has 0 saturated heterocycles. The first-order valence-electron chi connectivity index (χ1n) is 5.74. The molecule has 0 bridgehead atoms. The standard InChI is InChI=1S/C13H17FN2O2/c1-8(2)13(18)16-11(12(15)17)7-9-4-3-5-10(14)6-9/h3-6,8,11H,7H2,1-2H3,(H2,15,17)(H,16,18)/t11-/m1/s1. The molecule has 18 heavy (non-hydrogen) atoms. The summed E-state index contributed by atoms with van der Waals surface area (Å²) in [4.78, 5) is 22.8. The van der Waals surface area contributed by atoms with Crippen molar-refractivity contribution in [1.82, 2.24) is 5.32 Å². The predicted molar refractivity (Wildman–Crippen MR) is 66.1 cm³/mol. The third-order valence-corrected chi connectivity index (χ3v) is 2.51. The number of primary amides is 1. The molecule has 0 saturated carbocycles. The van der Waals surface area contributed by atoms with Crippen molar-refractivity contribution < 1.29 is 14.0 Å². The fourth-order valence-electron chi connectivity index (χ4n) is 1.46. The molecule has 2 amide bonds. The van der Waals surface area contributed by atoms with Crippen molar-refractivity contribution in [2.75, 3.05) is 0 Å². The maximum Gasteiger partial charge on any atom is 0.240 e. The van der Waals surface area contributed by atoms with Gasteiger partial charge in [-0.1, -0.05) is 26.0 Å². The number of amides is 2. The summed E-state index contributed by atoms with van der Waals surface area (Å²) in [5.41, 5.74) is 5.84. The van der Waals surface area contributed by atoms with E-state index in [1.165, 1.54) is 12.1 Å². The number of benzene rings is 1. The van der Waals surface area contributed by atoms with Crippen LogP contribution in [0, 0.1) is 11.7 Å². The molecule has 3 N–H and O–H groups in total. The molecule has 98 valence electrons. The molecule has 1 atom stereocenters. The Morgan fingerprint density at radius 1 is 1.39 bits per heavy atom. The van der Waals surface area contributed by atoms with Gasteiger partial charge in [-0.2, -0.15) is 0 Å². The van der Waals surface area contributed by atoms with Crippen LogP contribution < -0.4 is 11.1 Å². The van der Waals surface area contributed by atoms with Gasteiger partial charge in [0.1, 0.15) is 11.9 Å². The van der Waals surface area contributed by atoms with E-state index in [4.69, 9.17) is 5.73 Å². The van der Waals surface area contributed by atoms with Crippen molar-refractivity contribution in [3.63, 3.8) is 0 Å². The Labute approximate surface area is 105 Å². The molecule has 0 unspecified atom stereocenters. The quantitative estimate of drug-likeness (QED) is 0.820. The summed E-state index contributed by atoms with van der Waals surface area (Å²) >= 11 is 0. The van der Waals surface area contributed by atoms with Crippen LogP contribution in [0.5, 0.6) is 0 Å². The van der Waals surface area contributed by atoms with Crippen molar-refractivity contribution in [2.24, 2.45) is 11.7 Å². The van der Waals surface area contributed by atoms with Gasteiger partial charge in [-0.05, 0) is 17.7 Å². The van der Waals surface area contributed by atoms with Crippen LogP contribution in [0.15, 0.2) is 24.3 Å². The molecule has 0 radical (unpaired) electrons. The maximum atomic E-state index is 13.0. The summed E-state index contributed by atoms with van der Waals surface area (Å²) in [5, 5.41) is 2.55. The largest absolute Gasteiger partial charge is 0.368 e. The summed E-state index contributed by atoms with van der Waals surface area (Å²) < 4.78 is 13.0. The van der Waals surface area contributed by atoms with Gasteiger partial charge in [0.05, 0.1) is 0 Å². The zero-order chi connectivity index (χ0) is 13.7. The lowest BCUT2D eigenvalue weighted by Crippen LogP contribution is -2.47. The van der Waals surface area contributed by atoms with Crippen LogP contribution in [-0.2, 0) is 16.0 Å². The molecule has 0 aliphatic rings. The van der Waals surface area contributed by atoms with Crippen molar-refractivity contribution in [1.29, 1.82) is 0 Å². The number of nitrogens with two attached hydrogens (primary N) is 1. The van der Waals surface area contributed by atoms with Gasteiger partial charge >= 0.3 is 0 Å². The van der Waals surface area contributed by atoms with Crippen molar-refractivity contribution >= 4 is 11.8 Å². The highest BCUT2D eigenvalue weighted by molar-refractivity contribution is 5.87. The monoisotopic (exact) mass is 252 g/mol. The normalized spacial score (nSPS) is 12.2. The number of rotatable bonds is 5. The summed E-state index contributed by atoms with van der Waals surface area (Å²) in [7, 11) is 0. The van der Waals surface area contributed by atoms with Gasteiger partial charge in [0.2, 0.25) is 11.8 Å². The van der Waals surface area contributed by atoms with E-state index in [0.29, 0.717) is 5.56 Å². The number of carbonyl (C=O) groups excluding carboxylic acids is 2. The molecule has 0 aromatic heterocycles. The van der Waals surface area contributed by atoms with Crippen LogP contribution in [0.1, 0.15) is 19.4 Å². The molecule has 1 aromatic rings.